The van der Waals surface area contributed by atoms with Gasteiger partial charge >= 0.3 is 0 Å². The summed E-state index contributed by atoms with van der Waals surface area (Å²) < 4.78 is 11.9. The molecule has 27 heavy (non-hydrogen) atoms. The number of nitrogens with one attached hydrogen (secondary N) is 1. The average Bonchev–Trinajstić information content (AvgIpc) is 2.63. The normalized spacial score (nSPS) is 10.9. The zero-order valence-corrected chi connectivity index (χ0v) is 16.2. The van der Waals surface area contributed by atoms with Gasteiger partial charge in [0.05, 0.1) is 19.7 Å². The minimum absolute atomic E-state index is 0.178. The number of allylic oxidation sites excluding steroid dienone is 1. The Labute approximate surface area is 158 Å². The molecular weight excluding hydrogens is 348 g/mol. The highest BCUT2D eigenvalue weighted by molar-refractivity contribution is 6.03. The van der Waals surface area contributed by atoms with Crippen LogP contribution >= 0.6 is 0 Å². The second-order valence-electron chi connectivity index (χ2n) is 6.59. The van der Waals surface area contributed by atoms with E-state index in [1.807, 2.05) is 13.8 Å². The molecule has 0 bridgehead atoms. The monoisotopic (exact) mass is 374 g/mol. The minimum Gasteiger partial charge on any atom is -0.506 e. The quantitative estimate of drug-likeness (QED) is 0.694. The molecule has 7 heteroatoms. The van der Waals surface area contributed by atoms with E-state index in [9.17, 15) is 14.7 Å². The molecule has 2 aromatic rings. The van der Waals surface area contributed by atoms with Gasteiger partial charge in [0.15, 0.2) is 11.5 Å². The number of nitrogens with zero attached hydrogens (tertiary/aromatic N) is 1. The molecular formula is C20H26N2O5. The number of fused-ring (bicyclic) bond motifs is 1. The van der Waals surface area contributed by atoms with Crippen molar-refractivity contribution in [2.45, 2.75) is 26.8 Å². The zero-order valence-electron chi connectivity index (χ0n) is 16.2. The van der Waals surface area contributed by atoms with Crippen molar-refractivity contribution in [1.82, 2.24) is 9.88 Å². The van der Waals surface area contributed by atoms with E-state index in [4.69, 9.17) is 9.47 Å². The molecule has 1 heterocycles. The lowest BCUT2D eigenvalue weighted by Gasteiger charge is -2.16. The smallest absolute Gasteiger partial charge is 0.268 e. The Hall–Kier alpha value is -2.96. The molecule has 1 amide bonds. The van der Waals surface area contributed by atoms with Crippen LogP contribution in [0.15, 0.2) is 29.6 Å². The molecule has 0 aliphatic rings. The zero-order chi connectivity index (χ0) is 20.1. The van der Waals surface area contributed by atoms with E-state index in [-0.39, 0.29) is 17.9 Å². The van der Waals surface area contributed by atoms with Crippen molar-refractivity contribution < 1.29 is 19.4 Å². The molecule has 0 radical (unpaired) electrons. The van der Waals surface area contributed by atoms with Crippen molar-refractivity contribution in [2.24, 2.45) is 5.92 Å². The van der Waals surface area contributed by atoms with Crippen LogP contribution in [0.1, 0.15) is 30.6 Å². The second-order valence-corrected chi connectivity index (χ2v) is 6.59. The molecule has 146 valence electrons. The summed E-state index contributed by atoms with van der Waals surface area (Å²) >= 11 is 0. The van der Waals surface area contributed by atoms with Crippen LogP contribution in [0.4, 0.5) is 0 Å². The fraction of sp³-hybridized carbons (Fsp3) is 0.400. The van der Waals surface area contributed by atoms with E-state index >= 15 is 0 Å². The predicted octanol–water partition coefficient (Wildman–Crippen LogP) is 2.69. The number of methoxy groups -OCH3 is 2. The first-order valence-electron chi connectivity index (χ1n) is 8.76. The Morgan fingerprint density at radius 1 is 1.30 bits per heavy atom. The standard InChI is InChI=1S/C20H26N2O5/c1-6-9-22-14-11-16(27-5)15(26-4)10-13(14)18(23)17(20(22)25)19(24)21-8-7-12(2)3/h6,10-12,23H,1,7-9H2,2-5H3,(H,21,24). The van der Waals surface area contributed by atoms with Crippen molar-refractivity contribution in [1.29, 1.82) is 0 Å². The van der Waals surface area contributed by atoms with Crippen LogP contribution in [0.3, 0.4) is 0 Å². The van der Waals surface area contributed by atoms with Crippen LogP contribution < -0.4 is 20.3 Å². The number of hydrogen-bond acceptors (Lipinski definition) is 5. The van der Waals surface area contributed by atoms with Crippen molar-refractivity contribution in [3.05, 3.63) is 40.7 Å². The molecule has 1 aromatic heterocycles. The molecule has 0 spiro atoms. The molecule has 0 saturated carbocycles. The molecule has 7 nitrogen and oxygen atoms in total. The van der Waals surface area contributed by atoms with E-state index in [1.165, 1.54) is 18.8 Å². The number of hydrogen-bond donors (Lipinski definition) is 2. The first kappa shape index (κ1) is 20.4. The van der Waals surface area contributed by atoms with Gasteiger partial charge in [-0.25, -0.2) is 0 Å². The first-order chi connectivity index (χ1) is 12.8. The third-order valence-corrected chi connectivity index (χ3v) is 4.29. The minimum atomic E-state index is -0.604. The van der Waals surface area contributed by atoms with E-state index < -0.39 is 11.5 Å². The van der Waals surface area contributed by atoms with Crippen molar-refractivity contribution in [3.8, 4) is 17.2 Å². The maximum absolute atomic E-state index is 12.9. The molecule has 0 aliphatic heterocycles. The number of benzene rings is 1. The van der Waals surface area contributed by atoms with Crippen molar-refractivity contribution >= 4 is 16.8 Å². The fourth-order valence-electron chi connectivity index (χ4n) is 2.84. The van der Waals surface area contributed by atoms with Gasteiger partial charge in [-0.3, -0.25) is 9.59 Å². The summed E-state index contributed by atoms with van der Waals surface area (Å²) in [6.45, 7) is 8.34. The van der Waals surface area contributed by atoms with Gasteiger partial charge in [-0.15, -0.1) is 6.58 Å². The van der Waals surface area contributed by atoms with Crippen LogP contribution in [0, 0.1) is 5.92 Å². The average molecular weight is 374 g/mol. The highest BCUT2D eigenvalue weighted by Crippen LogP contribution is 2.36. The maximum atomic E-state index is 12.9. The summed E-state index contributed by atoms with van der Waals surface area (Å²) in [6.07, 6.45) is 2.32. The Morgan fingerprint density at radius 3 is 2.48 bits per heavy atom. The van der Waals surface area contributed by atoms with E-state index in [0.29, 0.717) is 34.9 Å². The summed E-state index contributed by atoms with van der Waals surface area (Å²) in [7, 11) is 2.95. The third kappa shape index (κ3) is 4.07. The lowest BCUT2D eigenvalue weighted by molar-refractivity contribution is 0.0947. The maximum Gasteiger partial charge on any atom is 0.268 e. The fourth-order valence-corrected chi connectivity index (χ4v) is 2.84. The summed E-state index contributed by atoms with van der Waals surface area (Å²) in [4.78, 5) is 25.5. The molecule has 2 N–H and O–H groups in total. The van der Waals surface area contributed by atoms with Gasteiger partial charge in [0, 0.05) is 24.5 Å². The van der Waals surface area contributed by atoms with Crippen LogP contribution in [0.5, 0.6) is 17.2 Å². The molecule has 1 aromatic carbocycles. The van der Waals surface area contributed by atoms with Gasteiger partial charge in [0.1, 0.15) is 11.3 Å². The van der Waals surface area contributed by atoms with Crippen LogP contribution in [0.25, 0.3) is 10.9 Å². The van der Waals surface area contributed by atoms with Gasteiger partial charge in [-0.2, -0.15) is 0 Å². The van der Waals surface area contributed by atoms with Crippen LogP contribution in [-0.2, 0) is 6.54 Å². The topological polar surface area (TPSA) is 89.8 Å². The molecule has 2 rings (SSSR count). The summed E-state index contributed by atoms with van der Waals surface area (Å²) in [5.74, 6) is 0.224. The first-order valence-corrected chi connectivity index (χ1v) is 8.76. The van der Waals surface area contributed by atoms with E-state index in [1.54, 1.807) is 18.2 Å². The van der Waals surface area contributed by atoms with E-state index in [2.05, 4.69) is 11.9 Å². The van der Waals surface area contributed by atoms with Crippen LogP contribution in [-0.4, -0.2) is 36.3 Å². The number of aromatic hydroxyl groups is 1. The number of pyridine rings is 1. The number of carbonyl (C=O) groups is 1. The van der Waals surface area contributed by atoms with Crippen molar-refractivity contribution in [3.63, 3.8) is 0 Å². The number of amides is 1. The Morgan fingerprint density at radius 2 is 1.93 bits per heavy atom. The lowest BCUT2D eigenvalue weighted by Crippen LogP contribution is -2.34. The Balaban J connectivity index is 2.69. The molecule has 0 aliphatic carbocycles. The Kier molecular flexibility index (Phi) is 6.50. The highest BCUT2D eigenvalue weighted by atomic mass is 16.5. The molecule has 0 saturated heterocycles. The summed E-state index contributed by atoms with van der Waals surface area (Å²) in [6, 6.07) is 3.15. The van der Waals surface area contributed by atoms with Gasteiger partial charge < -0.3 is 24.5 Å². The third-order valence-electron chi connectivity index (χ3n) is 4.29. The van der Waals surface area contributed by atoms with Gasteiger partial charge in [-0.05, 0) is 18.4 Å². The number of rotatable bonds is 8. The second kappa shape index (κ2) is 8.62. The van der Waals surface area contributed by atoms with Gasteiger partial charge in [0.2, 0.25) is 0 Å². The largest absolute Gasteiger partial charge is 0.506 e. The van der Waals surface area contributed by atoms with Gasteiger partial charge in [0.25, 0.3) is 11.5 Å². The number of aromatic nitrogens is 1. The van der Waals surface area contributed by atoms with Gasteiger partial charge in [-0.1, -0.05) is 19.9 Å². The summed E-state index contributed by atoms with van der Waals surface area (Å²) in [5.41, 5.74) is -0.455. The SMILES string of the molecule is C=CCn1c(=O)c(C(=O)NCCC(C)C)c(O)c2cc(OC)c(OC)cc21. The number of ether oxygens (including phenoxy) is 2. The lowest BCUT2D eigenvalue weighted by atomic mass is 10.1. The molecule has 0 atom stereocenters. The van der Waals surface area contributed by atoms with E-state index in [0.717, 1.165) is 6.42 Å². The Bertz CT molecular complexity index is 915. The summed E-state index contributed by atoms with van der Waals surface area (Å²) in [5, 5.41) is 13.7. The molecule has 0 fully saturated rings. The predicted molar refractivity (Wildman–Crippen MR) is 105 cm³/mol. The molecule has 0 unspecified atom stereocenters. The number of carbonyl (C=O) groups excluding carboxylic acids is 1. The van der Waals surface area contributed by atoms with Crippen LogP contribution in [0.2, 0.25) is 0 Å². The highest BCUT2D eigenvalue weighted by Gasteiger charge is 2.23. The van der Waals surface area contributed by atoms with Crippen molar-refractivity contribution in [2.75, 3.05) is 20.8 Å².